The lowest BCUT2D eigenvalue weighted by Gasteiger charge is -2.23. The molecule has 18 heavy (non-hydrogen) atoms. The topological polar surface area (TPSA) is 53.2 Å². The van der Waals surface area contributed by atoms with Gasteiger partial charge in [0.05, 0.1) is 0 Å². The van der Waals surface area contributed by atoms with Gasteiger partial charge in [0, 0.05) is 11.7 Å². The summed E-state index contributed by atoms with van der Waals surface area (Å²) in [6.07, 6.45) is 2.00. The van der Waals surface area contributed by atoms with E-state index in [4.69, 9.17) is 0 Å². The highest BCUT2D eigenvalue weighted by atomic mass is 35.5. The number of piperidine rings is 1. The van der Waals surface area contributed by atoms with E-state index in [-0.39, 0.29) is 18.4 Å². The highest BCUT2D eigenvalue weighted by Gasteiger charge is 2.14. The molecule has 0 bridgehead atoms. The first kappa shape index (κ1) is 14.8. The molecular formula is C13H20ClN3O. The Bertz CT molecular complexity index is 392. The molecule has 3 N–H and O–H groups in total. The van der Waals surface area contributed by atoms with Crippen LogP contribution in [0.15, 0.2) is 24.3 Å². The highest BCUT2D eigenvalue weighted by molar-refractivity contribution is 5.89. The highest BCUT2D eigenvalue weighted by Crippen LogP contribution is 2.09. The maximum atomic E-state index is 11.7. The van der Waals surface area contributed by atoms with Gasteiger partial charge in [0.15, 0.2) is 0 Å². The Labute approximate surface area is 114 Å². The molecule has 1 saturated heterocycles. The van der Waals surface area contributed by atoms with Crippen molar-refractivity contribution in [1.29, 1.82) is 0 Å². The van der Waals surface area contributed by atoms with Crippen LogP contribution in [0.4, 0.5) is 10.5 Å². The zero-order chi connectivity index (χ0) is 12.1. The van der Waals surface area contributed by atoms with Gasteiger partial charge in [-0.1, -0.05) is 12.1 Å². The normalized spacial score (nSPS) is 15.6. The monoisotopic (exact) mass is 269 g/mol. The predicted molar refractivity (Wildman–Crippen MR) is 76.5 cm³/mol. The molecule has 0 spiro atoms. The second kappa shape index (κ2) is 7.24. The van der Waals surface area contributed by atoms with Crippen molar-refractivity contribution in [2.45, 2.75) is 25.8 Å². The Balaban J connectivity index is 0.00000162. The van der Waals surface area contributed by atoms with Gasteiger partial charge in [-0.2, -0.15) is 0 Å². The van der Waals surface area contributed by atoms with Crippen LogP contribution in [0.3, 0.4) is 0 Å². The smallest absolute Gasteiger partial charge is 0.319 e. The van der Waals surface area contributed by atoms with Gasteiger partial charge < -0.3 is 16.0 Å². The number of carbonyl (C=O) groups is 1. The summed E-state index contributed by atoms with van der Waals surface area (Å²) >= 11 is 0. The minimum absolute atomic E-state index is 0. The van der Waals surface area contributed by atoms with E-state index in [1.54, 1.807) is 0 Å². The minimum atomic E-state index is -0.109. The molecule has 1 heterocycles. The van der Waals surface area contributed by atoms with Gasteiger partial charge in [-0.15, -0.1) is 12.4 Å². The van der Waals surface area contributed by atoms with Crippen molar-refractivity contribution in [2.75, 3.05) is 18.4 Å². The molecule has 5 heteroatoms. The van der Waals surface area contributed by atoms with E-state index in [1.165, 1.54) is 0 Å². The molecule has 100 valence electrons. The Hall–Kier alpha value is -1.26. The molecule has 0 aliphatic carbocycles. The van der Waals surface area contributed by atoms with Gasteiger partial charge in [0.1, 0.15) is 0 Å². The molecule has 1 aliphatic heterocycles. The molecular weight excluding hydrogens is 250 g/mol. The third kappa shape index (κ3) is 4.55. The van der Waals surface area contributed by atoms with E-state index in [1.807, 2.05) is 31.2 Å². The summed E-state index contributed by atoms with van der Waals surface area (Å²) in [5.74, 6) is 0. The van der Waals surface area contributed by atoms with Gasteiger partial charge in [-0.25, -0.2) is 4.79 Å². The van der Waals surface area contributed by atoms with E-state index in [0.29, 0.717) is 6.04 Å². The largest absolute Gasteiger partial charge is 0.335 e. The number of urea groups is 1. The number of benzene rings is 1. The predicted octanol–water partition coefficient (Wildman–Crippen LogP) is 2.29. The number of hydrogen-bond acceptors (Lipinski definition) is 2. The van der Waals surface area contributed by atoms with Crippen molar-refractivity contribution in [2.24, 2.45) is 0 Å². The number of amides is 2. The van der Waals surface area contributed by atoms with Crippen molar-refractivity contribution in [1.82, 2.24) is 10.6 Å². The molecule has 0 aromatic heterocycles. The van der Waals surface area contributed by atoms with Gasteiger partial charge in [-0.05, 0) is 50.6 Å². The van der Waals surface area contributed by atoms with Crippen LogP contribution in [0.5, 0.6) is 0 Å². The second-order valence-corrected chi connectivity index (χ2v) is 4.49. The maximum absolute atomic E-state index is 11.7. The molecule has 1 aromatic carbocycles. The average Bonchev–Trinajstić information content (AvgIpc) is 2.30. The Morgan fingerprint density at radius 1 is 1.33 bits per heavy atom. The molecule has 0 saturated carbocycles. The third-order valence-electron chi connectivity index (χ3n) is 2.95. The summed E-state index contributed by atoms with van der Waals surface area (Å²) in [6, 6.07) is 7.99. The van der Waals surface area contributed by atoms with Gasteiger partial charge in [-0.3, -0.25) is 0 Å². The Morgan fingerprint density at radius 3 is 2.72 bits per heavy atom. The van der Waals surface area contributed by atoms with Crippen LogP contribution in [0.2, 0.25) is 0 Å². The first-order valence-corrected chi connectivity index (χ1v) is 6.09. The van der Waals surface area contributed by atoms with Crippen LogP contribution in [-0.2, 0) is 0 Å². The molecule has 0 unspecified atom stereocenters. The Kier molecular flexibility index (Phi) is 5.95. The fraction of sp³-hybridized carbons (Fsp3) is 0.462. The molecule has 1 aromatic rings. The van der Waals surface area contributed by atoms with Gasteiger partial charge in [0.2, 0.25) is 0 Å². The number of anilines is 1. The number of rotatable bonds is 2. The van der Waals surface area contributed by atoms with Crippen LogP contribution in [0.1, 0.15) is 18.4 Å². The summed E-state index contributed by atoms with van der Waals surface area (Å²) in [5.41, 5.74) is 1.99. The molecule has 4 nitrogen and oxygen atoms in total. The summed E-state index contributed by atoms with van der Waals surface area (Å²) in [5, 5.41) is 9.13. The number of hydrogen-bond donors (Lipinski definition) is 3. The molecule has 0 radical (unpaired) electrons. The van der Waals surface area contributed by atoms with Crippen LogP contribution >= 0.6 is 12.4 Å². The van der Waals surface area contributed by atoms with E-state index < -0.39 is 0 Å². The lowest BCUT2D eigenvalue weighted by atomic mass is 10.1. The summed E-state index contributed by atoms with van der Waals surface area (Å²) < 4.78 is 0. The number of aryl methyl sites for hydroxylation is 1. The van der Waals surface area contributed by atoms with E-state index in [9.17, 15) is 4.79 Å². The SMILES string of the molecule is Cc1cccc(NC(=O)NC2CCNCC2)c1.Cl. The van der Waals surface area contributed by atoms with Gasteiger partial charge in [0.25, 0.3) is 0 Å². The van der Waals surface area contributed by atoms with Gasteiger partial charge >= 0.3 is 6.03 Å². The third-order valence-corrected chi connectivity index (χ3v) is 2.95. The first-order valence-electron chi connectivity index (χ1n) is 6.09. The quantitative estimate of drug-likeness (QED) is 0.772. The summed E-state index contributed by atoms with van der Waals surface area (Å²) in [7, 11) is 0. The number of nitrogens with one attached hydrogen (secondary N) is 3. The molecule has 2 amide bonds. The van der Waals surface area contributed by atoms with Crippen molar-refractivity contribution in [3.05, 3.63) is 29.8 Å². The molecule has 2 rings (SSSR count). The fourth-order valence-electron chi connectivity index (χ4n) is 2.04. The summed E-state index contributed by atoms with van der Waals surface area (Å²) in [4.78, 5) is 11.7. The lowest BCUT2D eigenvalue weighted by molar-refractivity contribution is 0.245. The van der Waals surface area contributed by atoms with E-state index in [2.05, 4.69) is 16.0 Å². The average molecular weight is 270 g/mol. The van der Waals surface area contributed by atoms with Crippen LogP contribution < -0.4 is 16.0 Å². The second-order valence-electron chi connectivity index (χ2n) is 4.49. The molecule has 0 atom stereocenters. The van der Waals surface area contributed by atoms with Crippen LogP contribution in [0, 0.1) is 6.92 Å². The maximum Gasteiger partial charge on any atom is 0.319 e. The minimum Gasteiger partial charge on any atom is -0.335 e. The van der Waals surface area contributed by atoms with Crippen LogP contribution in [0.25, 0.3) is 0 Å². The standard InChI is InChI=1S/C13H19N3O.ClH/c1-10-3-2-4-12(9-10)16-13(17)15-11-5-7-14-8-6-11;/h2-4,9,11,14H,5-8H2,1H3,(H2,15,16,17);1H. The molecule has 1 fully saturated rings. The van der Waals surface area contributed by atoms with Crippen molar-refractivity contribution in [3.8, 4) is 0 Å². The molecule has 1 aliphatic rings. The number of halogens is 1. The summed E-state index contributed by atoms with van der Waals surface area (Å²) in [6.45, 7) is 3.97. The lowest BCUT2D eigenvalue weighted by Crippen LogP contribution is -2.44. The zero-order valence-corrected chi connectivity index (χ0v) is 11.3. The van der Waals surface area contributed by atoms with E-state index >= 15 is 0 Å². The fourth-order valence-corrected chi connectivity index (χ4v) is 2.04. The zero-order valence-electron chi connectivity index (χ0n) is 10.5. The van der Waals surface area contributed by atoms with Crippen molar-refractivity contribution >= 4 is 24.1 Å². The number of carbonyl (C=O) groups excluding carboxylic acids is 1. The van der Waals surface area contributed by atoms with Crippen LogP contribution in [-0.4, -0.2) is 25.2 Å². The van der Waals surface area contributed by atoms with Crippen molar-refractivity contribution in [3.63, 3.8) is 0 Å². The first-order chi connectivity index (χ1) is 8.24. The van der Waals surface area contributed by atoms with E-state index in [0.717, 1.165) is 37.2 Å². The van der Waals surface area contributed by atoms with Crippen molar-refractivity contribution < 1.29 is 4.79 Å². The Morgan fingerprint density at radius 2 is 2.06 bits per heavy atom.